The van der Waals surface area contributed by atoms with Gasteiger partial charge in [0.05, 0.1) is 24.7 Å². The normalized spacial score (nSPS) is 15.9. The number of aromatic amines is 1. The zero-order valence-electron chi connectivity index (χ0n) is 20.6. The first-order chi connectivity index (χ1) is 16.9. The Morgan fingerprint density at radius 1 is 1.06 bits per heavy atom. The van der Waals surface area contributed by atoms with Gasteiger partial charge in [-0.25, -0.2) is 4.68 Å². The van der Waals surface area contributed by atoms with Gasteiger partial charge in [-0.1, -0.05) is 41.5 Å². The highest BCUT2D eigenvalue weighted by molar-refractivity contribution is 5.82. The number of H-pyrrole nitrogens is 1. The summed E-state index contributed by atoms with van der Waals surface area (Å²) in [7, 11) is 0. The Morgan fingerprint density at radius 2 is 1.89 bits per heavy atom. The molecule has 1 N–H and O–H groups in total. The topological polar surface area (TPSA) is 88.9 Å². The number of aryl methyl sites for hydroxylation is 3. The molecule has 1 aliphatic heterocycles. The van der Waals surface area contributed by atoms with Gasteiger partial charge >= 0.3 is 0 Å². The Labute approximate surface area is 204 Å². The molecule has 1 atom stereocenters. The zero-order valence-corrected chi connectivity index (χ0v) is 20.6. The van der Waals surface area contributed by atoms with Crippen LogP contribution in [0.4, 0.5) is 0 Å². The molecule has 4 aromatic rings. The number of benzene rings is 2. The smallest absolute Gasteiger partial charge is 0.252 e. The van der Waals surface area contributed by atoms with Crippen molar-refractivity contribution in [2.75, 3.05) is 6.61 Å². The third-order valence-electron chi connectivity index (χ3n) is 6.66. The van der Waals surface area contributed by atoms with Crippen LogP contribution < -0.4 is 5.56 Å². The molecule has 182 valence electrons. The number of tetrazole rings is 1. The van der Waals surface area contributed by atoms with Crippen LogP contribution in [0, 0.1) is 20.8 Å². The Kier molecular flexibility index (Phi) is 6.74. The van der Waals surface area contributed by atoms with Crippen molar-refractivity contribution in [3.8, 4) is 0 Å². The highest BCUT2D eigenvalue weighted by Crippen LogP contribution is 2.20. The fourth-order valence-electron chi connectivity index (χ4n) is 4.87. The van der Waals surface area contributed by atoms with Gasteiger partial charge in [-0.2, -0.15) is 0 Å². The molecular weight excluding hydrogens is 440 g/mol. The lowest BCUT2D eigenvalue weighted by atomic mass is 10.0. The van der Waals surface area contributed by atoms with Gasteiger partial charge in [-0.05, 0) is 72.7 Å². The number of hydrogen-bond donors (Lipinski definition) is 1. The molecule has 5 rings (SSSR count). The lowest BCUT2D eigenvalue weighted by molar-refractivity contribution is 0.0914. The van der Waals surface area contributed by atoms with Crippen molar-refractivity contribution in [1.29, 1.82) is 0 Å². The molecule has 2 aromatic carbocycles. The monoisotopic (exact) mass is 472 g/mol. The maximum absolute atomic E-state index is 13.1. The van der Waals surface area contributed by atoms with E-state index in [0.29, 0.717) is 26.2 Å². The highest BCUT2D eigenvalue weighted by Gasteiger charge is 2.21. The standard InChI is InChI=1S/C27H32N6O2/c1-18-6-8-21(9-7-18)14-32(17-25-29-30-31-33(25)16-24-5-4-10-35-24)15-23-13-22-12-19(2)11-20(3)26(22)28-27(23)34/h6-9,11-13,24H,4-5,10,14-17H2,1-3H3,(H,28,34)/t24-/m1/s1. The highest BCUT2D eigenvalue weighted by atomic mass is 16.5. The Morgan fingerprint density at radius 3 is 2.66 bits per heavy atom. The maximum atomic E-state index is 13.1. The van der Waals surface area contributed by atoms with E-state index >= 15 is 0 Å². The Bertz CT molecular complexity index is 1370. The molecule has 2 aromatic heterocycles. The second-order valence-electron chi connectivity index (χ2n) is 9.71. The summed E-state index contributed by atoms with van der Waals surface area (Å²) in [6, 6.07) is 14.7. The largest absolute Gasteiger partial charge is 0.376 e. The predicted octanol–water partition coefficient (Wildman–Crippen LogP) is 3.82. The molecule has 0 aliphatic carbocycles. The van der Waals surface area contributed by atoms with Crippen LogP contribution >= 0.6 is 0 Å². The molecule has 8 heteroatoms. The van der Waals surface area contributed by atoms with Crippen LogP contribution in [0.5, 0.6) is 0 Å². The summed E-state index contributed by atoms with van der Waals surface area (Å²) in [5, 5.41) is 13.5. The van der Waals surface area contributed by atoms with Crippen molar-refractivity contribution in [2.45, 2.75) is 65.9 Å². The first kappa shape index (κ1) is 23.4. The van der Waals surface area contributed by atoms with Crippen molar-refractivity contribution >= 4 is 10.9 Å². The molecule has 0 amide bonds. The third-order valence-corrected chi connectivity index (χ3v) is 6.66. The van der Waals surface area contributed by atoms with Crippen LogP contribution in [-0.4, -0.2) is 42.8 Å². The van der Waals surface area contributed by atoms with E-state index in [4.69, 9.17) is 4.74 Å². The zero-order chi connectivity index (χ0) is 24.4. The van der Waals surface area contributed by atoms with Gasteiger partial charge in [0.15, 0.2) is 5.82 Å². The minimum atomic E-state index is -0.0580. The number of aromatic nitrogens is 5. The number of rotatable bonds is 8. The van der Waals surface area contributed by atoms with E-state index in [1.165, 1.54) is 16.7 Å². The van der Waals surface area contributed by atoms with Crippen LogP contribution in [0.15, 0.2) is 47.3 Å². The van der Waals surface area contributed by atoms with Crippen molar-refractivity contribution in [2.24, 2.45) is 0 Å². The quantitative estimate of drug-likeness (QED) is 0.419. The molecule has 0 radical (unpaired) electrons. The average Bonchev–Trinajstić information content (AvgIpc) is 3.49. The molecule has 35 heavy (non-hydrogen) atoms. The van der Waals surface area contributed by atoms with Crippen LogP contribution in [0.3, 0.4) is 0 Å². The van der Waals surface area contributed by atoms with Gasteiger partial charge in [0.1, 0.15) is 0 Å². The number of fused-ring (bicyclic) bond motifs is 1. The SMILES string of the molecule is Cc1ccc(CN(Cc2cc3cc(C)cc(C)c3[nH]c2=O)Cc2nnnn2C[C@H]2CCCO2)cc1. The molecule has 8 nitrogen and oxygen atoms in total. The van der Waals surface area contributed by atoms with E-state index < -0.39 is 0 Å². The van der Waals surface area contributed by atoms with E-state index in [1.54, 1.807) is 0 Å². The summed E-state index contributed by atoms with van der Waals surface area (Å²) in [6.45, 7) is 9.33. The lowest BCUT2D eigenvalue weighted by Crippen LogP contribution is -2.29. The second-order valence-corrected chi connectivity index (χ2v) is 9.71. The van der Waals surface area contributed by atoms with Gasteiger partial charge in [0, 0.05) is 25.3 Å². The molecule has 1 aliphatic rings. The Balaban J connectivity index is 1.44. The van der Waals surface area contributed by atoms with E-state index in [1.807, 2.05) is 17.7 Å². The van der Waals surface area contributed by atoms with Crippen LogP contribution in [-0.2, 0) is 30.9 Å². The molecular formula is C27H32N6O2. The summed E-state index contributed by atoms with van der Waals surface area (Å²) in [5.74, 6) is 0.775. The van der Waals surface area contributed by atoms with Crippen molar-refractivity contribution in [3.05, 3.63) is 86.5 Å². The summed E-state index contributed by atoms with van der Waals surface area (Å²) in [6.07, 6.45) is 2.25. The summed E-state index contributed by atoms with van der Waals surface area (Å²) in [4.78, 5) is 18.4. The molecule has 0 unspecified atom stereocenters. The maximum Gasteiger partial charge on any atom is 0.252 e. The summed E-state index contributed by atoms with van der Waals surface area (Å²) >= 11 is 0. The van der Waals surface area contributed by atoms with Crippen molar-refractivity contribution < 1.29 is 4.74 Å². The number of ether oxygens (including phenoxy) is 1. The number of nitrogens with zero attached hydrogens (tertiary/aromatic N) is 5. The van der Waals surface area contributed by atoms with E-state index in [2.05, 4.69) is 75.7 Å². The van der Waals surface area contributed by atoms with Crippen LogP contribution in [0.1, 0.15) is 46.5 Å². The minimum Gasteiger partial charge on any atom is -0.376 e. The van der Waals surface area contributed by atoms with Crippen molar-refractivity contribution in [1.82, 2.24) is 30.1 Å². The van der Waals surface area contributed by atoms with Crippen molar-refractivity contribution in [3.63, 3.8) is 0 Å². The third kappa shape index (κ3) is 5.49. The van der Waals surface area contributed by atoms with E-state index in [9.17, 15) is 4.79 Å². The van der Waals surface area contributed by atoms with Gasteiger partial charge in [0.2, 0.25) is 0 Å². The van der Waals surface area contributed by atoms with Crippen LogP contribution in [0.2, 0.25) is 0 Å². The predicted molar refractivity (Wildman–Crippen MR) is 135 cm³/mol. The van der Waals surface area contributed by atoms with E-state index in [-0.39, 0.29) is 11.7 Å². The fraction of sp³-hybridized carbons (Fsp3) is 0.407. The second kappa shape index (κ2) is 10.1. The van der Waals surface area contributed by atoms with Gasteiger partial charge in [0.25, 0.3) is 5.56 Å². The lowest BCUT2D eigenvalue weighted by Gasteiger charge is -2.22. The van der Waals surface area contributed by atoms with Gasteiger partial charge in [-0.3, -0.25) is 9.69 Å². The molecule has 0 bridgehead atoms. The first-order valence-corrected chi connectivity index (χ1v) is 12.2. The van der Waals surface area contributed by atoms with Crippen LogP contribution in [0.25, 0.3) is 10.9 Å². The molecule has 0 spiro atoms. The number of pyridine rings is 1. The Hall–Kier alpha value is -3.36. The summed E-state index contributed by atoms with van der Waals surface area (Å²) in [5.41, 5.74) is 6.22. The molecule has 0 saturated carbocycles. The number of hydrogen-bond acceptors (Lipinski definition) is 6. The minimum absolute atomic E-state index is 0.0580. The van der Waals surface area contributed by atoms with E-state index in [0.717, 1.165) is 47.3 Å². The molecule has 3 heterocycles. The fourth-order valence-corrected chi connectivity index (χ4v) is 4.87. The first-order valence-electron chi connectivity index (χ1n) is 12.2. The summed E-state index contributed by atoms with van der Waals surface area (Å²) < 4.78 is 7.63. The molecule has 1 saturated heterocycles. The number of nitrogens with one attached hydrogen (secondary N) is 1. The molecule has 1 fully saturated rings. The van der Waals surface area contributed by atoms with Gasteiger partial charge < -0.3 is 9.72 Å². The average molecular weight is 473 g/mol. The van der Waals surface area contributed by atoms with Gasteiger partial charge in [-0.15, -0.1) is 5.10 Å².